The van der Waals surface area contributed by atoms with Gasteiger partial charge in [0.2, 0.25) is 0 Å². The molecule has 0 fully saturated rings. The highest BCUT2D eigenvalue weighted by molar-refractivity contribution is 8.00. The average Bonchev–Trinajstić information content (AvgIpc) is 2.48. The zero-order valence-corrected chi connectivity index (χ0v) is 12.3. The quantitative estimate of drug-likeness (QED) is 0.873. The van der Waals surface area contributed by atoms with Gasteiger partial charge in [-0.15, -0.1) is 11.8 Å². The van der Waals surface area contributed by atoms with Gasteiger partial charge in [0.05, 0.1) is 5.60 Å². The first-order valence-electron chi connectivity index (χ1n) is 6.68. The van der Waals surface area contributed by atoms with Gasteiger partial charge in [-0.05, 0) is 44.7 Å². The van der Waals surface area contributed by atoms with Crippen LogP contribution in [0.3, 0.4) is 0 Å². The fourth-order valence-electron chi connectivity index (χ4n) is 2.61. The fourth-order valence-corrected chi connectivity index (χ4v) is 3.92. The zero-order chi connectivity index (χ0) is 13.2. The summed E-state index contributed by atoms with van der Waals surface area (Å²) >= 11 is 1.95. The molecule has 100 valence electrons. The molecule has 1 heterocycles. The van der Waals surface area contributed by atoms with Crippen molar-refractivity contribution in [3.05, 3.63) is 24.3 Å². The topological polar surface area (TPSA) is 32.3 Å². The molecule has 0 bridgehead atoms. The Morgan fingerprint density at radius 1 is 1.44 bits per heavy atom. The highest BCUT2D eigenvalue weighted by atomic mass is 32.2. The molecule has 2 nitrogen and oxygen atoms in total. The van der Waals surface area contributed by atoms with Crippen molar-refractivity contribution < 1.29 is 5.11 Å². The minimum atomic E-state index is -0.570. The van der Waals surface area contributed by atoms with Gasteiger partial charge in [0.1, 0.15) is 0 Å². The van der Waals surface area contributed by atoms with Crippen molar-refractivity contribution in [1.82, 2.24) is 0 Å². The molecule has 0 radical (unpaired) electrons. The lowest BCUT2D eigenvalue weighted by Gasteiger charge is -2.27. The van der Waals surface area contributed by atoms with Crippen molar-refractivity contribution >= 4 is 17.4 Å². The summed E-state index contributed by atoms with van der Waals surface area (Å²) in [6.07, 6.45) is 2.00. The maximum atomic E-state index is 9.96. The molecule has 2 atom stereocenters. The second-order valence-electron chi connectivity index (χ2n) is 5.86. The largest absolute Gasteiger partial charge is 0.390 e. The Kier molecular flexibility index (Phi) is 4.23. The molecule has 0 amide bonds. The van der Waals surface area contributed by atoms with Crippen LogP contribution in [-0.4, -0.2) is 22.5 Å². The van der Waals surface area contributed by atoms with E-state index >= 15 is 0 Å². The average molecular weight is 265 g/mol. The number of benzene rings is 1. The molecule has 1 aliphatic heterocycles. The van der Waals surface area contributed by atoms with E-state index in [2.05, 4.69) is 36.5 Å². The van der Waals surface area contributed by atoms with E-state index in [1.165, 1.54) is 10.6 Å². The van der Waals surface area contributed by atoms with Crippen LogP contribution in [0, 0.1) is 5.92 Å². The lowest BCUT2D eigenvalue weighted by molar-refractivity contribution is 0.0547. The predicted octanol–water partition coefficient (Wildman–Crippen LogP) is 3.76. The maximum Gasteiger partial charge on any atom is 0.0594 e. The van der Waals surface area contributed by atoms with Gasteiger partial charge in [0.15, 0.2) is 0 Å². The Morgan fingerprint density at radius 2 is 2.17 bits per heavy atom. The summed E-state index contributed by atoms with van der Waals surface area (Å²) < 4.78 is 0. The first-order chi connectivity index (χ1) is 8.46. The van der Waals surface area contributed by atoms with Crippen LogP contribution < -0.4 is 5.32 Å². The van der Waals surface area contributed by atoms with Crippen molar-refractivity contribution in [2.45, 2.75) is 49.4 Å². The molecule has 2 rings (SSSR count). The third kappa shape index (κ3) is 3.66. The normalized spacial score (nSPS) is 21.7. The number of hydrogen-bond donors (Lipinski definition) is 2. The highest BCUT2D eigenvalue weighted by Crippen LogP contribution is 2.39. The smallest absolute Gasteiger partial charge is 0.0594 e. The number of thioether (sulfide) groups is 1. The molecule has 0 aromatic heterocycles. The van der Waals surface area contributed by atoms with Crippen LogP contribution in [-0.2, 0) is 0 Å². The molecule has 18 heavy (non-hydrogen) atoms. The van der Waals surface area contributed by atoms with Crippen molar-refractivity contribution in [3.63, 3.8) is 0 Å². The van der Waals surface area contributed by atoms with E-state index in [4.69, 9.17) is 0 Å². The Morgan fingerprint density at radius 3 is 2.89 bits per heavy atom. The molecule has 1 aliphatic rings. The second kappa shape index (κ2) is 5.54. The number of fused-ring (bicyclic) bond motifs is 1. The van der Waals surface area contributed by atoms with Gasteiger partial charge in [0, 0.05) is 22.4 Å². The summed E-state index contributed by atoms with van der Waals surface area (Å²) in [5.74, 6) is 0.517. The Hall–Kier alpha value is -0.670. The third-order valence-corrected chi connectivity index (χ3v) is 4.98. The standard InChI is InChI=1S/C15H23NOS/c1-11(10-15(2,3)17)13-8-9-16-12-6-4-5-7-14(12)18-13/h4-7,11,13,16-17H,8-10H2,1-3H3. The molecule has 0 aliphatic carbocycles. The van der Waals surface area contributed by atoms with Gasteiger partial charge in [-0.3, -0.25) is 0 Å². The van der Waals surface area contributed by atoms with Crippen LogP contribution in [0.2, 0.25) is 0 Å². The van der Waals surface area contributed by atoms with Gasteiger partial charge in [0.25, 0.3) is 0 Å². The molecule has 0 saturated carbocycles. The predicted molar refractivity (Wildman–Crippen MR) is 79.3 cm³/mol. The van der Waals surface area contributed by atoms with Crippen LogP contribution in [0.15, 0.2) is 29.2 Å². The van der Waals surface area contributed by atoms with Gasteiger partial charge < -0.3 is 10.4 Å². The third-order valence-electron chi connectivity index (χ3n) is 3.37. The number of anilines is 1. The molecule has 2 N–H and O–H groups in total. The van der Waals surface area contributed by atoms with E-state index in [9.17, 15) is 5.11 Å². The summed E-state index contributed by atoms with van der Waals surface area (Å²) in [5, 5.41) is 14.0. The molecule has 0 spiro atoms. The summed E-state index contributed by atoms with van der Waals surface area (Å²) in [5.41, 5.74) is 0.680. The lowest BCUT2D eigenvalue weighted by atomic mass is 9.91. The van der Waals surface area contributed by atoms with Crippen LogP contribution in [0.5, 0.6) is 0 Å². The van der Waals surface area contributed by atoms with Crippen LogP contribution in [0.4, 0.5) is 5.69 Å². The van der Waals surface area contributed by atoms with E-state index in [1.54, 1.807) is 0 Å². The second-order valence-corrected chi connectivity index (χ2v) is 7.14. The van der Waals surface area contributed by atoms with Crippen molar-refractivity contribution in [2.75, 3.05) is 11.9 Å². The number of para-hydroxylation sites is 1. The number of aliphatic hydroxyl groups is 1. The zero-order valence-electron chi connectivity index (χ0n) is 11.4. The van der Waals surface area contributed by atoms with Crippen LogP contribution >= 0.6 is 11.8 Å². The molecule has 3 heteroatoms. The Bertz CT molecular complexity index is 400. The van der Waals surface area contributed by atoms with Crippen LogP contribution in [0.1, 0.15) is 33.6 Å². The van der Waals surface area contributed by atoms with Crippen LogP contribution in [0.25, 0.3) is 0 Å². The minimum absolute atomic E-state index is 0.517. The van der Waals surface area contributed by atoms with Gasteiger partial charge in [-0.25, -0.2) is 0 Å². The summed E-state index contributed by atoms with van der Waals surface area (Å²) in [7, 11) is 0. The molecular weight excluding hydrogens is 242 g/mol. The number of nitrogens with one attached hydrogen (secondary N) is 1. The maximum absolute atomic E-state index is 9.96. The number of rotatable bonds is 3. The highest BCUT2D eigenvalue weighted by Gasteiger charge is 2.26. The first kappa shape index (κ1) is 13.8. The summed E-state index contributed by atoms with van der Waals surface area (Å²) in [6.45, 7) is 7.07. The van der Waals surface area contributed by atoms with Crippen molar-refractivity contribution in [1.29, 1.82) is 0 Å². The summed E-state index contributed by atoms with van der Waals surface area (Å²) in [6, 6.07) is 8.50. The molecular formula is C15H23NOS. The Labute approximate surface area is 114 Å². The molecule has 1 aromatic rings. The van der Waals surface area contributed by atoms with Gasteiger partial charge >= 0.3 is 0 Å². The van der Waals surface area contributed by atoms with Gasteiger partial charge in [-0.2, -0.15) is 0 Å². The van der Waals surface area contributed by atoms with E-state index in [1.807, 2.05) is 25.6 Å². The van der Waals surface area contributed by atoms with Gasteiger partial charge in [-0.1, -0.05) is 19.1 Å². The van der Waals surface area contributed by atoms with E-state index in [0.29, 0.717) is 11.2 Å². The first-order valence-corrected chi connectivity index (χ1v) is 7.55. The van der Waals surface area contributed by atoms with E-state index < -0.39 is 5.60 Å². The summed E-state index contributed by atoms with van der Waals surface area (Å²) in [4.78, 5) is 1.34. The fraction of sp³-hybridized carbons (Fsp3) is 0.600. The van der Waals surface area contributed by atoms with Crippen molar-refractivity contribution in [3.8, 4) is 0 Å². The molecule has 0 saturated heterocycles. The molecule has 2 unspecified atom stereocenters. The Balaban J connectivity index is 2.08. The van der Waals surface area contributed by atoms with Crippen molar-refractivity contribution in [2.24, 2.45) is 5.92 Å². The minimum Gasteiger partial charge on any atom is -0.390 e. The van der Waals surface area contributed by atoms with E-state index in [0.717, 1.165) is 19.4 Å². The lowest BCUT2D eigenvalue weighted by Crippen LogP contribution is -2.27. The van der Waals surface area contributed by atoms with E-state index in [-0.39, 0.29) is 0 Å². The SMILES string of the molecule is CC(CC(C)(C)O)C1CCNc2ccccc2S1. The monoisotopic (exact) mass is 265 g/mol. The molecule has 1 aromatic carbocycles. The number of hydrogen-bond acceptors (Lipinski definition) is 3.